The molecule has 3 rings (SSSR count). The molecule has 0 radical (unpaired) electrons. The highest BCUT2D eigenvalue weighted by atomic mass is 16.5. The van der Waals surface area contributed by atoms with Crippen molar-refractivity contribution in [1.82, 2.24) is 24.7 Å². The lowest BCUT2D eigenvalue weighted by molar-refractivity contribution is 0.183. The summed E-state index contributed by atoms with van der Waals surface area (Å²) < 4.78 is 12.5. The molecule has 1 N–H and O–H groups in total. The summed E-state index contributed by atoms with van der Waals surface area (Å²) in [6, 6.07) is 1.91. The van der Waals surface area contributed by atoms with Gasteiger partial charge in [0.25, 0.3) is 5.56 Å². The van der Waals surface area contributed by atoms with Crippen molar-refractivity contribution in [1.29, 1.82) is 0 Å². The second-order valence-corrected chi connectivity index (χ2v) is 5.93. The van der Waals surface area contributed by atoms with E-state index in [0.717, 1.165) is 11.3 Å². The van der Waals surface area contributed by atoms with E-state index in [-0.39, 0.29) is 5.56 Å². The Morgan fingerprint density at radius 1 is 1.27 bits per heavy atom. The van der Waals surface area contributed by atoms with Gasteiger partial charge in [0.1, 0.15) is 11.3 Å². The first-order valence-electron chi connectivity index (χ1n) is 8.67. The lowest BCUT2D eigenvalue weighted by Crippen LogP contribution is -2.11. The summed E-state index contributed by atoms with van der Waals surface area (Å²) in [7, 11) is 1.64. The van der Waals surface area contributed by atoms with E-state index >= 15 is 0 Å². The minimum Gasteiger partial charge on any atom is -0.477 e. The van der Waals surface area contributed by atoms with E-state index in [1.54, 1.807) is 18.0 Å². The maximum Gasteiger partial charge on any atom is 0.279 e. The molecular formula is C18H23N5O3. The first-order valence-corrected chi connectivity index (χ1v) is 8.67. The highest BCUT2D eigenvalue weighted by molar-refractivity contribution is 5.79. The van der Waals surface area contributed by atoms with Crippen molar-refractivity contribution in [2.75, 3.05) is 20.3 Å². The van der Waals surface area contributed by atoms with E-state index in [4.69, 9.17) is 14.5 Å². The molecule has 0 bridgehead atoms. The number of nitrogens with one attached hydrogen (secondary N) is 1. The van der Waals surface area contributed by atoms with Gasteiger partial charge in [0.15, 0.2) is 5.52 Å². The summed E-state index contributed by atoms with van der Waals surface area (Å²) in [4.78, 5) is 24.4. The van der Waals surface area contributed by atoms with Crippen LogP contribution in [-0.2, 0) is 17.7 Å². The number of nitrogens with zero attached hydrogens (tertiary/aromatic N) is 4. The number of hydrogen-bond donors (Lipinski definition) is 1. The second-order valence-electron chi connectivity index (χ2n) is 5.93. The van der Waals surface area contributed by atoms with E-state index in [1.807, 2.05) is 26.8 Å². The van der Waals surface area contributed by atoms with Gasteiger partial charge >= 0.3 is 0 Å². The zero-order valence-corrected chi connectivity index (χ0v) is 15.5. The Hall–Kier alpha value is -2.74. The Morgan fingerprint density at radius 3 is 2.77 bits per heavy atom. The molecule has 0 amide bonds. The maximum atomic E-state index is 12.6. The molecule has 0 saturated heterocycles. The van der Waals surface area contributed by atoms with Crippen LogP contribution in [0.5, 0.6) is 5.88 Å². The monoisotopic (exact) mass is 357 g/mol. The molecule has 0 atom stereocenters. The van der Waals surface area contributed by atoms with E-state index < -0.39 is 0 Å². The van der Waals surface area contributed by atoms with Crippen LogP contribution in [-0.4, -0.2) is 45.1 Å². The predicted molar refractivity (Wildman–Crippen MR) is 98.5 cm³/mol. The lowest BCUT2D eigenvalue weighted by Gasteiger charge is -2.09. The van der Waals surface area contributed by atoms with E-state index in [2.05, 4.69) is 15.1 Å². The molecule has 0 unspecified atom stereocenters. The van der Waals surface area contributed by atoms with Gasteiger partial charge in [-0.15, -0.1) is 0 Å². The topological polar surface area (TPSA) is 94.9 Å². The number of aromatic nitrogens is 5. The summed E-state index contributed by atoms with van der Waals surface area (Å²) in [6.07, 6.45) is 2.44. The van der Waals surface area contributed by atoms with Gasteiger partial charge in [-0.1, -0.05) is 6.92 Å². The molecule has 3 aromatic heterocycles. The summed E-state index contributed by atoms with van der Waals surface area (Å²) in [5.74, 6) is 0.883. The van der Waals surface area contributed by atoms with Gasteiger partial charge in [-0.05, 0) is 31.9 Å². The summed E-state index contributed by atoms with van der Waals surface area (Å²) in [5.41, 5.74) is 3.18. The molecule has 8 nitrogen and oxygen atoms in total. The van der Waals surface area contributed by atoms with Crippen LogP contribution in [0.4, 0.5) is 0 Å². The maximum absolute atomic E-state index is 12.6. The second kappa shape index (κ2) is 7.65. The normalized spacial score (nSPS) is 11.2. The number of fused-ring (bicyclic) bond motifs is 1. The molecule has 3 aromatic rings. The molecule has 0 aromatic carbocycles. The molecule has 0 aliphatic rings. The van der Waals surface area contributed by atoms with Crippen LogP contribution in [0, 0.1) is 6.92 Å². The number of methoxy groups -OCH3 is 1. The van der Waals surface area contributed by atoms with Crippen LogP contribution in [0.3, 0.4) is 0 Å². The van der Waals surface area contributed by atoms with E-state index in [0.29, 0.717) is 54.5 Å². The summed E-state index contributed by atoms with van der Waals surface area (Å²) in [6.45, 7) is 7.40. The number of rotatable bonds is 7. The van der Waals surface area contributed by atoms with Crippen LogP contribution in [0.2, 0.25) is 0 Å². The Labute approximate surface area is 151 Å². The van der Waals surface area contributed by atoms with Crippen molar-refractivity contribution < 1.29 is 9.47 Å². The Morgan fingerprint density at radius 2 is 2.08 bits per heavy atom. The Kier molecular flexibility index (Phi) is 5.32. The summed E-state index contributed by atoms with van der Waals surface area (Å²) >= 11 is 0. The Balaban J connectivity index is 2.20. The number of H-pyrrole nitrogens is 1. The molecular weight excluding hydrogens is 334 g/mol. The minimum atomic E-state index is -0.278. The van der Waals surface area contributed by atoms with Crippen LogP contribution in [0.15, 0.2) is 17.1 Å². The molecule has 26 heavy (non-hydrogen) atoms. The third-order valence-corrected chi connectivity index (χ3v) is 4.07. The van der Waals surface area contributed by atoms with Gasteiger partial charge in [-0.3, -0.25) is 9.48 Å². The molecule has 138 valence electrons. The molecule has 0 aliphatic carbocycles. The largest absolute Gasteiger partial charge is 0.477 e. The number of aromatic amines is 1. The van der Waals surface area contributed by atoms with Crippen LogP contribution in [0.1, 0.15) is 25.1 Å². The van der Waals surface area contributed by atoms with Crippen molar-refractivity contribution >= 4 is 11.0 Å². The lowest BCUT2D eigenvalue weighted by atomic mass is 10.2. The van der Waals surface area contributed by atoms with Crippen molar-refractivity contribution in [3.05, 3.63) is 33.9 Å². The van der Waals surface area contributed by atoms with Crippen LogP contribution >= 0.6 is 0 Å². The molecule has 0 saturated carbocycles. The zero-order chi connectivity index (χ0) is 18.7. The SMILES string of the molecule is CCOc1ncc(C)cc1-c1nc2c(CC)n(CCOC)nc2c(=O)[nH]1. The first-order chi connectivity index (χ1) is 12.6. The Bertz CT molecular complexity index is 977. The molecule has 0 aliphatic heterocycles. The first kappa shape index (κ1) is 18.1. The quantitative estimate of drug-likeness (QED) is 0.696. The average molecular weight is 357 g/mol. The molecule has 8 heteroatoms. The highest BCUT2D eigenvalue weighted by Gasteiger charge is 2.18. The van der Waals surface area contributed by atoms with Crippen molar-refractivity contribution in [2.45, 2.75) is 33.7 Å². The van der Waals surface area contributed by atoms with Gasteiger partial charge < -0.3 is 14.5 Å². The van der Waals surface area contributed by atoms with Gasteiger partial charge in [0.2, 0.25) is 5.88 Å². The van der Waals surface area contributed by atoms with Gasteiger partial charge in [-0.25, -0.2) is 9.97 Å². The number of pyridine rings is 1. The number of ether oxygens (including phenoxy) is 2. The van der Waals surface area contributed by atoms with Gasteiger partial charge in [0.05, 0.1) is 31.0 Å². The summed E-state index contributed by atoms with van der Waals surface area (Å²) in [5, 5.41) is 4.42. The predicted octanol–water partition coefficient (Wildman–Crippen LogP) is 2.10. The van der Waals surface area contributed by atoms with Crippen molar-refractivity contribution in [2.24, 2.45) is 0 Å². The van der Waals surface area contributed by atoms with Crippen LogP contribution < -0.4 is 10.3 Å². The molecule has 0 fully saturated rings. The third kappa shape index (κ3) is 3.32. The highest BCUT2D eigenvalue weighted by Crippen LogP contribution is 2.27. The van der Waals surface area contributed by atoms with Gasteiger partial charge in [0, 0.05) is 13.3 Å². The van der Waals surface area contributed by atoms with Crippen LogP contribution in [0.25, 0.3) is 22.4 Å². The standard InChI is InChI=1S/C18H23N5O3/c1-5-13-14-15(22-23(13)7-8-25-4)17(24)21-16(20-14)12-9-11(3)10-19-18(12)26-6-2/h9-10H,5-8H2,1-4H3,(H,20,21,24). The fourth-order valence-electron chi connectivity index (χ4n) is 2.88. The third-order valence-electron chi connectivity index (χ3n) is 4.07. The molecule has 3 heterocycles. The zero-order valence-electron chi connectivity index (χ0n) is 15.5. The van der Waals surface area contributed by atoms with E-state index in [9.17, 15) is 4.79 Å². The smallest absolute Gasteiger partial charge is 0.279 e. The van der Waals surface area contributed by atoms with Crippen molar-refractivity contribution in [3.63, 3.8) is 0 Å². The number of aryl methyl sites for hydroxylation is 2. The molecule has 0 spiro atoms. The fraction of sp³-hybridized carbons (Fsp3) is 0.444. The van der Waals surface area contributed by atoms with E-state index in [1.165, 1.54) is 0 Å². The number of hydrogen-bond acceptors (Lipinski definition) is 6. The van der Waals surface area contributed by atoms with Crippen molar-refractivity contribution in [3.8, 4) is 17.3 Å². The van der Waals surface area contributed by atoms with Gasteiger partial charge in [-0.2, -0.15) is 5.10 Å². The average Bonchev–Trinajstić information content (AvgIpc) is 2.99. The fourth-order valence-corrected chi connectivity index (χ4v) is 2.88. The minimum absolute atomic E-state index is 0.278.